The van der Waals surface area contributed by atoms with Gasteiger partial charge in [-0.1, -0.05) is 12.8 Å². The number of nitrogens with two attached hydrogens (primary N) is 1. The molecule has 7 heteroatoms. The highest BCUT2D eigenvalue weighted by Crippen LogP contribution is 2.28. The number of carbonyl (C=O) groups excluding carboxylic acids is 1. The van der Waals surface area contributed by atoms with E-state index in [4.69, 9.17) is 10.2 Å². The number of anilines is 1. The number of benzene rings is 1. The summed E-state index contributed by atoms with van der Waals surface area (Å²) >= 11 is 0. The second-order valence-electron chi connectivity index (χ2n) is 5.43. The van der Waals surface area contributed by atoms with Gasteiger partial charge in [-0.15, -0.1) is 12.4 Å². The quantitative estimate of drug-likeness (QED) is 0.884. The van der Waals surface area contributed by atoms with Crippen LogP contribution in [0.2, 0.25) is 0 Å². The van der Waals surface area contributed by atoms with Crippen LogP contribution in [0.1, 0.15) is 25.7 Å². The lowest BCUT2D eigenvalue weighted by Gasteiger charge is -2.22. The number of fused-ring (bicyclic) bond motifs is 1. The highest BCUT2D eigenvalue weighted by molar-refractivity contribution is 5.99. The van der Waals surface area contributed by atoms with E-state index < -0.39 is 11.3 Å². The molecule has 21 heavy (non-hydrogen) atoms. The fourth-order valence-electron chi connectivity index (χ4n) is 2.70. The molecule has 0 saturated heterocycles. The average Bonchev–Trinajstić information content (AvgIpc) is 2.96. The number of rotatable bonds is 2. The summed E-state index contributed by atoms with van der Waals surface area (Å²) < 4.78 is 6.52. The predicted octanol–water partition coefficient (Wildman–Crippen LogP) is 1.76. The Morgan fingerprint density at radius 2 is 2.05 bits per heavy atom. The number of nitrogens with one attached hydrogen (secondary N) is 1. The molecule has 0 spiro atoms. The molecule has 1 aliphatic carbocycles. The lowest BCUT2D eigenvalue weighted by Crippen LogP contribution is -2.48. The number of carbonyl (C=O) groups is 1. The molecule has 3 N–H and O–H groups in total. The molecule has 6 nitrogen and oxygen atoms in total. The summed E-state index contributed by atoms with van der Waals surface area (Å²) in [6.45, 7) is 0. The summed E-state index contributed by atoms with van der Waals surface area (Å²) in [5, 5.41) is 2.81. The van der Waals surface area contributed by atoms with E-state index in [9.17, 15) is 9.59 Å². The van der Waals surface area contributed by atoms with Gasteiger partial charge in [0.25, 0.3) is 0 Å². The Bertz CT molecular complexity index is 729. The normalized spacial score (nSPS) is 16.7. The van der Waals surface area contributed by atoms with Gasteiger partial charge in [0.2, 0.25) is 5.91 Å². The van der Waals surface area contributed by atoms with Crippen LogP contribution in [0.3, 0.4) is 0 Å². The largest absolute Gasteiger partial charge is 0.419 e. The van der Waals surface area contributed by atoms with Gasteiger partial charge in [0.15, 0.2) is 5.58 Å². The highest BCUT2D eigenvalue weighted by atomic mass is 35.5. The fourth-order valence-corrected chi connectivity index (χ4v) is 2.70. The zero-order chi connectivity index (χ0) is 14.3. The van der Waals surface area contributed by atoms with Crippen LogP contribution < -0.4 is 16.8 Å². The van der Waals surface area contributed by atoms with Crippen molar-refractivity contribution < 1.29 is 9.21 Å². The number of nitrogens with zero attached hydrogens (tertiary/aromatic N) is 1. The van der Waals surface area contributed by atoms with Gasteiger partial charge in [-0.25, -0.2) is 4.79 Å². The Hall–Kier alpha value is -1.79. The smallest absolute Gasteiger partial charge is 0.408 e. The molecule has 0 unspecified atom stereocenters. The lowest BCUT2D eigenvalue weighted by atomic mass is 9.98. The minimum atomic E-state index is -0.771. The summed E-state index contributed by atoms with van der Waals surface area (Å²) in [5.74, 6) is -0.595. The van der Waals surface area contributed by atoms with Crippen molar-refractivity contribution in [2.45, 2.75) is 31.2 Å². The van der Waals surface area contributed by atoms with E-state index in [1.807, 2.05) is 0 Å². The number of amides is 1. The molecule has 1 fully saturated rings. The standard InChI is InChI=1S/C14H17N3O3.ClH/c1-17-10-5-4-9(8-11(10)20-13(17)19)16-12(18)14(15)6-2-3-7-14;/h4-5,8H,2-3,6-7,15H2,1H3,(H,16,18);1H. The third kappa shape index (κ3) is 2.69. The van der Waals surface area contributed by atoms with Gasteiger partial charge in [0.1, 0.15) is 0 Å². The first-order valence-electron chi connectivity index (χ1n) is 6.69. The Morgan fingerprint density at radius 1 is 1.38 bits per heavy atom. The molecule has 1 heterocycles. The van der Waals surface area contributed by atoms with Crippen LogP contribution in [0.25, 0.3) is 11.1 Å². The van der Waals surface area contributed by atoms with E-state index >= 15 is 0 Å². The Kier molecular flexibility index (Phi) is 4.11. The van der Waals surface area contributed by atoms with Crippen molar-refractivity contribution in [3.05, 3.63) is 28.7 Å². The third-order valence-electron chi connectivity index (χ3n) is 4.00. The van der Waals surface area contributed by atoms with Gasteiger partial charge in [-0.3, -0.25) is 9.36 Å². The lowest BCUT2D eigenvalue weighted by molar-refractivity contribution is -0.121. The van der Waals surface area contributed by atoms with Gasteiger partial charge >= 0.3 is 5.76 Å². The molecule has 1 saturated carbocycles. The molecular weight excluding hydrogens is 294 g/mol. The molecule has 1 amide bonds. The second-order valence-corrected chi connectivity index (χ2v) is 5.43. The molecule has 1 aromatic heterocycles. The van der Waals surface area contributed by atoms with Crippen LogP contribution in [0, 0.1) is 0 Å². The Balaban J connectivity index is 0.00000161. The van der Waals surface area contributed by atoms with Crippen molar-refractivity contribution in [1.82, 2.24) is 4.57 Å². The van der Waals surface area contributed by atoms with Crippen molar-refractivity contribution in [3.8, 4) is 0 Å². The van der Waals surface area contributed by atoms with Crippen LogP contribution in [-0.2, 0) is 11.8 Å². The van der Waals surface area contributed by atoms with Crippen molar-refractivity contribution >= 4 is 35.1 Å². The minimum absolute atomic E-state index is 0. The van der Waals surface area contributed by atoms with Crippen molar-refractivity contribution in [3.63, 3.8) is 0 Å². The van der Waals surface area contributed by atoms with E-state index in [1.165, 1.54) is 4.57 Å². The molecule has 1 aromatic carbocycles. The Labute approximate surface area is 127 Å². The summed E-state index contributed by atoms with van der Waals surface area (Å²) in [6.07, 6.45) is 3.38. The number of oxazole rings is 1. The number of hydrogen-bond acceptors (Lipinski definition) is 4. The number of aromatic nitrogens is 1. The van der Waals surface area contributed by atoms with Gasteiger partial charge in [0, 0.05) is 18.8 Å². The van der Waals surface area contributed by atoms with E-state index in [1.54, 1.807) is 25.2 Å². The van der Waals surface area contributed by atoms with Crippen LogP contribution in [0.5, 0.6) is 0 Å². The van der Waals surface area contributed by atoms with Crippen LogP contribution in [0.4, 0.5) is 5.69 Å². The van der Waals surface area contributed by atoms with E-state index in [0.29, 0.717) is 29.6 Å². The summed E-state index contributed by atoms with van der Waals surface area (Å²) in [7, 11) is 1.64. The maximum absolute atomic E-state index is 12.2. The average molecular weight is 312 g/mol. The second kappa shape index (κ2) is 5.54. The van der Waals surface area contributed by atoms with Crippen LogP contribution >= 0.6 is 12.4 Å². The maximum Gasteiger partial charge on any atom is 0.419 e. The molecule has 2 aromatic rings. The first kappa shape index (κ1) is 15.6. The molecule has 1 aliphatic rings. The van der Waals surface area contributed by atoms with Gasteiger partial charge in [0.05, 0.1) is 11.1 Å². The third-order valence-corrected chi connectivity index (χ3v) is 4.00. The molecule has 0 radical (unpaired) electrons. The van der Waals surface area contributed by atoms with Gasteiger partial charge < -0.3 is 15.5 Å². The fraction of sp³-hybridized carbons (Fsp3) is 0.429. The zero-order valence-corrected chi connectivity index (χ0v) is 12.5. The molecule has 0 atom stereocenters. The van der Waals surface area contributed by atoms with Gasteiger partial charge in [-0.05, 0) is 25.0 Å². The van der Waals surface area contributed by atoms with Crippen LogP contribution in [-0.4, -0.2) is 16.0 Å². The number of aryl methyl sites for hydroxylation is 1. The SMILES string of the molecule is Cl.Cn1c(=O)oc2cc(NC(=O)C3(N)CCCC3)ccc21. The highest BCUT2D eigenvalue weighted by Gasteiger charge is 2.36. The summed E-state index contributed by atoms with van der Waals surface area (Å²) in [5.41, 5.74) is 7.06. The van der Waals surface area contributed by atoms with Crippen molar-refractivity contribution in [2.75, 3.05) is 5.32 Å². The van der Waals surface area contributed by atoms with Crippen LogP contribution in [0.15, 0.2) is 27.4 Å². The summed E-state index contributed by atoms with van der Waals surface area (Å²) in [6, 6.07) is 5.13. The van der Waals surface area contributed by atoms with E-state index in [-0.39, 0.29) is 18.3 Å². The predicted molar refractivity (Wildman–Crippen MR) is 82.7 cm³/mol. The summed E-state index contributed by atoms with van der Waals surface area (Å²) in [4.78, 5) is 23.6. The van der Waals surface area contributed by atoms with Crippen molar-refractivity contribution in [1.29, 1.82) is 0 Å². The topological polar surface area (TPSA) is 90.3 Å². The monoisotopic (exact) mass is 311 g/mol. The number of halogens is 1. The molecule has 0 bridgehead atoms. The molecule has 3 rings (SSSR count). The zero-order valence-electron chi connectivity index (χ0n) is 11.7. The van der Waals surface area contributed by atoms with E-state index in [2.05, 4.69) is 5.32 Å². The maximum atomic E-state index is 12.2. The molecule has 0 aliphatic heterocycles. The van der Waals surface area contributed by atoms with Crippen molar-refractivity contribution in [2.24, 2.45) is 12.8 Å². The Morgan fingerprint density at radius 3 is 2.71 bits per heavy atom. The minimum Gasteiger partial charge on any atom is -0.408 e. The first-order valence-corrected chi connectivity index (χ1v) is 6.69. The molecular formula is C14H18ClN3O3. The number of hydrogen-bond donors (Lipinski definition) is 2. The molecule has 114 valence electrons. The van der Waals surface area contributed by atoms with Gasteiger partial charge in [-0.2, -0.15) is 0 Å². The first-order chi connectivity index (χ1) is 9.49. The van der Waals surface area contributed by atoms with E-state index in [0.717, 1.165) is 12.8 Å².